The van der Waals surface area contributed by atoms with Gasteiger partial charge in [-0.25, -0.2) is 8.42 Å². The molecule has 0 radical (unpaired) electrons. The van der Waals surface area contributed by atoms with Gasteiger partial charge in [0.2, 0.25) is 10.0 Å². The van der Waals surface area contributed by atoms with Crippen LogP contribution >= 0.6 is 0 Å². The minimum atomic E-state index is -3.48. The molecule has 0 bridgehead atoms. The molecule has 0 saturated heterocycles. The Kier molecular flexibility index (Phi) is 7.88. The van der Waals surface area contributed by atoms with E-state index in [2.05, 4.69) is 5.32 Å². The Morgan fingerprint density at radius 2 is 1.90 bits per heavy atom. The van der Waals surface area contributed by atoms with Crippen LogP contribution in [0, 0.1) is 0 Å². The highest BCUT2D eigenvalue weighted by atomic mass is 32.2. The fourth-order valence-electron chi connectivity index (χ4n) is 2.06. The minimum absolute atomic E-state index is 0.377. The highest BCUT2D eigenvalue weighted by Crippen LogP contribution is 2.20. The summed E-state index contributed by atoms with van der Waals surface area (Å²) in [5, 5.41) is 3.18. The van der Waals surface area contributed by atoms with Crippen LogP contribution in [0.1, 0.15) is 26.3 Å². The fraction of sp³-hybridized carbons (Fsp3) is 0.600. The first kappa shape index (κ1) is 18.1. The number of nitrogens with zero attached hydrogens (tertiary/aromatic N) is 1. The summed E-state index contributed by atoms with van der Waals surface area (Å²) in [6.45, 7) is 8.91. The molecule has 0 saturated carbocycles. The molecule has 0 aliphatic heterocycles. The summed E-state index contributed by atoms with van der Waals surface area (Å²) in [6.07, 6.45) is 0. The lowest BCUT2D eigenvalue weighted by Gasteiger charge is -2.22. The average molecular weight is 314 g/mol. The fourth-order valence-corrected chi connectivity index (χ4v) is 3.71. The van der Waals surface area contributed by atoms with Crippen molar-refractivity contribution in [3.05, 3.63) is 29.8 Å². The van der Waals surface area contributed by atoms with Crippen LogP contribution < -0.4 is 5.32 Å². The van der Waals surface area contributed by atoms with Crippen molar-refractivity contribution in [2.45, 2.75) is 32.2 Å². The minimum Gasteiger partial charge on any atom is -0.380 e. The Balaban J connectivity index is 2.99. The van der Waals surface area contributed by atoms with Crippen molar-refractivity contribution in [2.75, 3.05) is 32.8 Å². The van der Waals surface area contributed by atoms with Gasteiger partial charge >= 0.3 is 0 Å². The third kappa shape index (κ3) is 5.07. The maximum Gasteiger partial charge on any atom is 0.243 e. The Hall–Kier alpha value is -0.950. The van der Waals surface area contributed by atoms with E-state index in [1.807, 2.05) is 32.9 Å². The molecule has 1 N–H and O–H groups in total. The number of ether oxygens (including phenoxy) is 1. The van der Waals surface area contributed by atoms with Crippen molar-refractivity contribution in [3.63, 3.8) is 0 Å². The first-order chi connectivity index (χ1) is 10.1. The predicted octanol–water partition coefficient (Wildman–Crippen LogP) is 1.84. The molecule has 6 heteroatoms. The van der Waals surface area contributed by atoms with Crippen LogP contribution in [0.4, 0.5) is 0 Å². The smallest absolute Gasteiger partial charge is 0.243 e. The Morgan fingerprint density at radius 1 is 1.19 bits per heavy atom. The van der Waals surface area contributed by atoms with Gasteiger partial charge in [0.25, 0.3) is 0 Å². The molecule has 21 heavy (non-hydrogen) atoms. The Labute approximate surface area is 128 Å². The van der Waals surface area contributed by atoms with Crippen LogP contribution in [-0.4, -0.2) is 45.6 Å². The van der Waals surface area contributed by atoms with Gasteiger partial charge in [-0.2, -0.15) is 4.31 Å². The SMILES string of the molecule is CCNCc1ccccc1S(=O)(=O)N(CC)CCOCC. The molecule has 0 aromatic heterocycles. The van der Waals surface area contributed by atoms with Crippen molar-refractivity contribution < 1.29 is 13.2 Å². The monoisotopic (exact) mass is 314 g/mol. The molecule has 1 aromatic carbocycles. The second-order valence-electron chi connectivity index (χ2n) is 4.58. The van der Waals surface area contributed by atoms with Gasteiger partial charge < -0.3 is 10.1 Å². The van der Waals surface area contributed by atoms with Crippen molar-refractivity contribution in [1.29, 1.82) is 0 Å². The van der Waals surface area contributed by atoms with E-state index >= 15 is 0 Å². The lowest BCUT2D eigenvalue weighted by molar-refractivity contribution is 0.135. The number of rotatable bonds is 10. The Morgan fingerprint density at radius 3 is 2.52 bits per heavy atom. The van der Waals surface area contributed by atoms with Gasteiger partial charge in [0.15, 0.2) is 0 Å². The molecule has 0 aliphatic carbocycles. The third-order valence-electron chi connectivity index (χ3n) is 3.20. The molecular weight excluding hydrogens is 288 g/mol. The highest BCUT2D eigenvalue weighted by Gasteiger charge is 2.25. The summed E-state index contributed by atoms with van der Waals surface area (Å²) in [5.74, 6) is 0. The maximum absolute atomic E-state index is 12.8. The van der Waals surface area contributed by atoms with Crippen molar-refractivity contribution in [2.24, 2.45) is 0 Å². The van der Waals surface area contributed by atoms with Gasteiger partial charge in [-0.1, -0.05) is 32.0 Å². The molecule has 1 aromatic rings. The maximum atomic E-state index is 12.8. The zero-order chi connectivity index (χ0) is 15.7. The predicted molar refractivity (Wildman–Crippen MR) is 84.7 cm³/mol. The van der Waals surface area contributed by atoms with E-state index in [1.165, 1.54) is 4.31 Å². The molecule has 0 atom stereocenters. The van der Waals surface area contributed by atoms with Gasteiger partial charge in [0.1, 0.15) is 0 Å². The van der Waals surface area contributed by atoms with E-state index in [9.17, 15) is 8.42 Å². The van der Waals surface area contributed by atoms with Crippen LogP contribution in [0.25, 0.3) is 0 Å². The first-order valence-electron chi connectivity index (χ1n) is 7.44. The molecule has 5 nitrogen and oxygen atoms in total. The van der Waals surface area contributed by atoms with Crippen molar-refractivity contribution in [1.82, 2.24) is 9.62 Å². The quantitative estimate of drug-likeness (QED) is 0.670. The molecule has 1 rings (SSSR count). The average Bonchev–Trinajstić information content (AvgIpc) is 2.49. The summed E-state index contributed by atoms with van der Waals surface area (Å²) >= 11 is 0. The largest absolute Gasteiger partial charge is 0.380 e. The van der Waals surface area contributed by atoms with Crippen LogP contribution in [-0.2, 0) is 21.3 Å². The lowest BCUT2D eigenvalue weighted by Crippen LogP contribution is -2.34. The summed E-state index contributed by atoms with van der Waals surface area (Å²) in [5.41, 5.74) is 0.800. The molecule has 0 fully saturated rings. The van der Waals surface area contributed by atoms with Crippen LogP contribution in [0.3, 0.4) is 0 Å². The van der Waals surface area contributed by atoms with Gasteiger partial charge in [-0.3, -0.25) is 0 Å². The van der Waals surface area contributed by atoms with E-state index in [4.69, 9.17) is 4.74 Å². The zero-order valence-electron chi connectivity index (χ0n) is 13.1. The summed E-state index contributed by atoms with van der Waals surface area (Å²) in [6, 6.07) is 7.15. The standard InChI is InChI=1S/C15H26N2O3S/c1-4-16-13-14-9-7-8-10-15(14)21(18,19)17(5-2)11-12-20-6-3/h7-10,16H,4-6,11-13H2,1-3H3. The van der Waals surface area contributed by atoms with E-state index in [0.717, 1.165) is 12.1 Å². The lowest BCUT2D eigenvalue weighted by atomic mass is 10.2. The number of hydrogen-bond donors (Lipinski definition) is 1. The number of sulfonamides is 1. The van der Waals surface area contributed by atoms with Gasteiger partial charge in [0.05, 0.1) is 11.5 Å². The van der Waals surface area contributed by atoms with E-state index in [1.54, 1.807) is 12.1 Å². The third-order valence-corrected chi connectivity index (χ3v) is 5.27. The number of nitrogens with one attached hydrogen (secondary N) is 1. The van der Waals surface area contributed by atoms with Crippen LogP contribution in [0.5, 0.6) is 0 Å². The normalized spacial score (nSPS) is 12.0. The van der Waals surface area contributed by atoms with Gasteiger partial charge in [0, 0.05) is 26.2 Å². The second kappa shape index (κ2) is 9.15. The summed E-state index contributed by atoms with van der Waals surface area (Å²) < 4.78 is 32.3. The van der Waals surface area contributed by atoms with Crippen LogP contribution in [0.2, 0.25) is 0 Å². The van der Waals surface area contributed by atoms with E-state index in [0.29, 0.717) is 37.7 Å². The first-order valence-corrected chi connectivity index (χ1v) is 8.88. The van der Waals surface area contributed by atoms with Gasteiger partial charge in [-0.15, -0.1) is 0 Å². The summed E-state index contributed by atoms with van der Waals surface area (Å²) in [4.78, 5) is 0.379. The topological polar surface area (TPSA) is 58.6 Å². The molecule has 120 valence electrons. The van der Waals surface area contributed by atoms with E-state index < -0.39 is 10.0 Å². The van der Waals surface area contributed by atoms with Crippen molar-refractivity contribution in [3.8, 4) is 0 Å². The summed E-state index contributed by atoms with van der Waals surface area (Å²) in [7, 11) is -3.48. The molecule has 0 amide bonds. The number of hydrogen-bond acceptors (Lipinski definition) is 4. The van der Waals surface area contributed by atoms with Crippen LogP contribution in [0.15, 0.2) is 29.2 Å². The molecule has 0 unspecified atom stereocenters. The molecule has 0 spiro atoms. The van der Waals surface area contributed by atoms with E-state index in [-0.39, 0.29) is 0 Å². The molecule has 0 aliphatic rings. The second-order valence-corrected chi connectivity index (χ2v) is 6.49. The van der Waals surface area contributed by atoms with Gasteiger partial charge in [-0.05, 0) is 25.1 Å². The Bertz CT molecular complexity index is 517. The molecular formula is C15H26N2O3S. The number of benzene rings is 1. The molecule has 0 heterocycles. The zero-order valence-corrected chi connectivity index (χ0v) is 13.9. The number of likely N-dealkylation sites (N-methyl/N-ethyl adjacent to an activating group) is 1. The van der Waals surface area contributed by atoms with Crippen molar-refractivity contribution >= 4 is 10.0 Å². The highest BCUT2D eigenvalue weighted by molar-refractivity contribution is 7.89.